The van der Waals surface area contributed by atoms with Crippen LogP contribution in [-0.2, 0) is 0 Å². The van der Waals surface area contributed by atoms with Crippen molar-refractivity contribution in [2.75, 3.05) is 0 Å². The SMILES string of the molecule is C[C@H](CC[C@H](C)C(C)(C)O)[C@H]1CC[C@H]2[C@@H]3CC=C4CC(O)CC[C@]4(C)[C@H]3CC[C@]12C. The van der Waals surface area contributed by atoms with E-state index in [2.05, 4.69) is 33.8 Å². The summed E-state index contributed by atoms with van der Waals surface area (Å²) in [5.41, 5.74) is 1.90. The van der Waals surface area contributed by atoms with Gasteiger partial charge in [-0.2, -0.15) is 0 Å². The molecule has 0 aromatic rings. The van der Waals surface area contributed by atoms with E-state index in [4.69, 9.17) is 0 Å². The molecule has 0 aromatic carbocycles. The summed E-state index contributed by atoms with van der Waals surface area (Å²) in [4.78, 5) is 0. The molecule has 4 aliphatic carbocycles. The van der Waals surface area contributed by atoms with Crippen molar-refractivity contribution in [1.82, 2.24) is 0 Å². The second kappa shape index (κ2) is 7.91. The van der Waals surface area contributed by atoms with Crippen molar-refractivity contribution in [2.24, 2.45) is 46.3 Å². The predicted molar refractivity (Wildman–Crippen MR) is 125 cm³/mol. The van der Waals surface area contributed by atoms with Gasteiger partial charge in [-0.1, -0.05) is 45.8 Å². The van der Waals surface area contributed by atoms with Gasteiger partial charge in [0.05, 0.1) is 11.7 Å². The Bertz CT molecular complexity index is 660. The molecule has 4 rings (SSSR count). The zero-order valence-electron chi connectivity index (χ0n) is 20.6. The number of allylic oxidation sites excluding steroid dienone is 1. The van der Waals surface area contributed by atoms with Crippen LogP contribution in [-0.4, -0.2) is 21.9 Å². The highest BCUT2D eigenvalue weighted by Gasteiger charge is 2.59. The molecule has 9 atom stereocenters. The molecular formula is C28H48O2. The fraction of sp³-hybridized carbons (Fsp3) is 0.929. The fourth-order valence-electron chi connectivity index (χ4n) is 8.68. The van der Waals surface area contributed by atoms with Crippen molar-refractivity contribution in [1.29, 1.82) is 0 Å². The summed E-state index contributed by atoms with van der Waals surface area (Å²) < 4.78 is 0. The van der Waals surface area contributed by atoms with E-state index in [1.165, 1.54) is 44.9 Å². The molecule has 0 aromatic heterocycles. The first-order chi connectivity index (χ1) is 14.0. The molecule has 2 heteroatoms. The first kappa shape index (κ1) is 22.8. The minimum Gasteiger partial charge on any atom is -0.393 e. The number of hydrogen-bond acceptors (Lipinski definition) is 2. The fourth-order valence-corrected chi connectivity index (χ4v) is 8.68. The van der Waals surface area contributed by atoms with Crippen molar-refractivity contribution < 1.29 is 10.2 Å². The molecule has 0 spiro atoms. The number of fused-ring (bicyclic) bond motifs is 5. The Balaban J connectivity index is 1.47. The maximum Gasteiger partial charge on any atom is 0.0617 e. The Labute approximate surface area is 185 Å². The molecule has 0 heterocycles. The molecule has 0 radical (unpaired) electrons. The van der Waals surface area contributed by atoms with E-state index in [1.54, 1.807) is 5.57 Å². The maximum atomic E-state index is 10.3. The summed E-state index contributed by atoms with van der Waals surface area (Å²) in [6.07, 6.45) is 14.9. The molecule has 3 fully saturated rings. The van der Waals surface area contributed by atoms with Crippen molar-refractivity contribution in [2.45, 2.75) is 117 Å². The highest BCUT2D eigenvalue weighted by atomic mass is 16.3. The molecular weight excluding hydrogens is 368 g/mol. The van der Waals surface area contributed by atoms with Gasteiger partial charge in [-0.15, -0.1) is 0 Å². The second-order valence-electron chi connectivity index (χ2n) is 13.0. The zero-order chi connectivity index (χ0) is 21.9. The van der Waals surface area contributed by atoms with E-state index in [-0.39, 0.29) is 6.10 Å². The number of aliphatic hydroxyl groups is 2. The van der Waals surface area contributed by atoms with Crippen LogP contribution in [0.4, 0.5) is 0 Å². The topological polar surface area (TPSA) is 40.5 Å². The number of rotatable bonds is 5. The lowest BCUT2D eigenvalue weighted by Gasteiger charge is -2.58. The van der Waals surface area contributed by atoms with Crippen LogP contribution in [0.2, 0.25) is 0 Å². The first-order valence-corrected chi connectivity index (χ1v) is 13.1. The van der Waals surface area contributed by atoms with Crippen LogP contribution in [0.25, 0.3) is 0 Å². The molecule has 30 heavy (non-hydrogen) atoms. The third-order valence-electron chi connectivity index (χ3n) is 11.1. The van der Waals surface area contributed by atoms with Gasteiger partial charge >= 0.3 is 0 Å². The van der Waals surface area contributed by atoms with Gasteiger partial charge < -0.3 is 10.2 Å². The highest BCUT2D eigenvalue weighted by Crippen LogP contribution is 2.67. The zero-order valence-corrected chi connectivity index (χ0v) is 20.6. The summed E-state index contributed by atoms with van der Waals surface area (Å²) >= 11 is 0. The maximum absolute atomic E-state index is 10.3. The Hall–Kier alpha value is -0.340. The van der Waals surface area contributed by atoms with Crippen LogP contribution in [0, 0.1) is 46.3 Å². The molecule has 2 N–H and O–H groups in total. The molecule has 4 aliphatic rings. The molecule has 0 bridgehead atoms. The van der Waals surface area contributed by atoms with E-state index in [9.17, 15) is 10.2 Å². The minimum absolute atomic E-state index is 0.0993. The lowest BCUT2D eigenvalue weighted by atomic mass is 9.47. The quantitative estimate of drug-likeness (QED) is 0.487. The summed E-state index contributed by atoms with van der Waals surface area (Å²) in [5.74, 6) is 4.56. The van der Waals surface area contributed by atoms with Crippen LogP contribution >= 0.6 is 0 Å². The Morgan fingerprint density at radius 2 is 1.77 bits per heavy atom. The average molecular weight is 417 g/mol. The largest absolute Gasteiger partial charge is 0.393 e. The summed E-state index contributed by atoms with van der Waals surface area (Å²) in [6, 6.07) is 0. The van der Waals surface area contributed by atoms with Gasteiger partial charge in [-0.25, -0.2) is 0 Å². The lowest BCUT2D eigenvalue weighted by Crippen LogP contribution is -2.50. The van der Waals surface area contributed by atoms with E-state index >= 15 is 0 Å². The van der Waals surface area contributed by atoms with Crippen molar-refractivity contribution >= 4 is 0 Å². The molecule has 0 saturated heterocycles. The molecule has 3 saturated carbocycles. The van der Waals surface area contributed by atoms with Gasteiger partial charge in [0.25, 0.3) is 0 Å². The van der Waals surface area contributed by atoms with Gasteiger partial charge in [0, 0.05) is 0 Å². The van der Waals surface area contributed by atoms with Crippen LogP contribution < -0.4 is 0 Å². The first-order valence-electron chi connectivity index (χ1n) is 13.1. The number of aliphatic hydroxyl groups excluding tert-OH is 1. The van der Waals surface area contributed by atoms with Gasteiger partial charge in [0.1, 0.15) is 0 Å². The van der Waals surface area contributed by atoms with Gasteiger partial charge in [-0.05, 0) is 118 Å². The second-order valence-corrected chi connectivity index (χ2v) is 13.0. The Morgan fingerprint density at radius 3 is 2.47 bits per heavy atom. The van der Waals surface area contributed by atoms with Crippen LogP contribution in [0.1, 0.15) is 106 Å². The highest BCUT2D eigenvalue weighted by molar-refractivity contribution is 5.25. The molecule has 0 amide bonds. The standard InChI is InChI=1S/C28H48O2/c1-18(7-8-19(2)26(3,4)30)23-11-12-24-22-10-9-20-17-21(29)13-15-27(20,5)25(22)14-16-28(23,24)6/h9,18-19,21-25,29-30H,7-8,10-17H2,1-6H3/t18-,19+,21?,22+,23-,24+,25+,27+,28-/m1/s1. The van der Waals surface area contributed by atoms with E-state index in [0.717, 1.165) is 48.9 Å². The normalized spacial score (nSPS) is 45.7. The van der Waals surface area contributed by atoms with Gasteiger partial charge in [0.15, 0.2) is 0 Å². The van der Waals surface area contributed by atoms with Crippen LogP contribution in [0.5, 0.6) is 0 Å². The monoisotopic (exact) mass is 416 g/mol. The van der Waals surface area contributed by atoms with E-state index < -0.39 is 5.60 Å². The van der Waals surface area contributed by atoms with Gasteiger partial charge in [0.2, 0.25) is 0 Å². The van der Waals surface area contributed by atoms with Crippen molar-refractivity contribution in [3.05, 3.63) is 11.6 Å². The summed E-state index contributed by atoms with van der Waals surface area (Å²) in [7, 11) is 0. The predicted octanol–water partition coefficient (Wildman–Crippen LogP) is 6.75. The Morgan fingerprint density at radius 1 is 1.03 bits per heavy atom. The number of hydrogen-bond donors (Lipinski definition) is 2. The van der Waals surface area contributed by atoms with E-state index in [0.29, 0.717) is 16.7 Å². The van der Waals surface area contributed by atoms with Gasteiger partial charge in [-0.3, -0.25) is 0 Å². The molecule has 172 valence electrons. The minimum atomic E-state index is -0.560. The lowest BCUT2D eigenvalue weighted by molar-refractivity contribution is -0.0581. The third-order valence-corrected chi connectivity index (χ3v) is 11.1. The average Bonchev–Trinajstić information content (AvgIpc) is 3.03. The van der Waals surface area contributed by atoms with Crippen molar-refractivity contribution in [3.63, 3.8) is 0 Å². The van der Waals surface area contributed by atoms with E-state index in [1.807, 2.05) is 13.8 Å². The van der Waals surface area contributed by atoms with Crippen LogP contribution in [0.3, 0.4) is 0 Å². The molecule has 1 unspecified atom stereocenters. The summed E-state index contributed by atoms with van der Waals surface area (Å²) in [6.45, 7) is 13.8. The smallest absolute Gasteiger partial charge is 0.0617 e. The van der Waals surface area contributed by atoms with Crippen LogP contribution in [0.15, 0.2) is 11.6 Å². The third kappa shape index (κ3) is 3.72. The van der Waals surface area contributed by atoms with Crippen molar-refractivity contribution in [3.8, 4) is 0 Å². The summed E-state index contributed by atoms with van der Waals surface area (Å²) in [5, 5.41) is 20.6. The molecule has 0 aliphatic heterocycles. The Kier molecular flexibility index (Phi) is 6.02. The molecule has 2 nitrogen and oxygen atoms in total.